The van der Waals surface area contributed by atoms with E-state index in [1.54, 1.807) is 18.0 Å². The van der Waals surface area contributed by atoms with Crippen molar-refractivity contribution in [1.29, 1.82) is 0 Å². The van der Waals surface area contributed by atoms with E-state index in [1.807, 2.05) is 24.7 Å². The van der Waals surface area contributed by atoms with Crippen molar-refractivity contribution < 1.29 is 0 Å². The second-order valence-electron chi connectivity index (χ2n) is 3.90. The van der Waals surface area contributed by atoms with Gasteiger partial charge < -0.3 is 10.3 Å². The predicted molar refractivity (Wildman–Crippen MR) is 74.1 cm³/mol. The standard InChI is InChI=1S/C12H14BrN3S/c1-8(14)9-3-4-11(10(13)7-9)17-12-15-5-6-16(12)2/h3-8H,14H2,1-2H3. The molecule has 1 atom stereocenters. The van der Waals surface area contributed by atoms with Crippen LogP contribution in [0.2, 0.25) is 0 Å². The maximum Gasteiger partial charge on any atom is 0.172 e. The van der Waals surface area contributed by atoms with Gasteiger partial charge in [-0.05, 0) is 40.5 Å². The highest BCUT2D eigenvalue weighted by Crippen LogP contribution is 2.33. The van der Waals surface area contributed by atoms with Crippen LogP contribution in [0.3, 0.4) is 0 Å². The summed E-state index contributed by atoms with van der Waals surface area (Å²) in [6.45, 7) is 1.98. The van der Waals surface area contributed by atoms with E-state index < -0.39 is 0 Å². The molecular formula is C12H14BrN3S. The summed E-state index contributed by atoms with van der Waals surface area (Å²) in [4.78, 5) is 5.43. The Morgan fingerprint density at radius 3 is 2.76 bits per heavy atom. The molecule has 0 aliphatic heterocycles. The summed E-state index contributed by atoms with van der Waals surface area (Å²) in [5.74, 6) is 0. The van der Waals surface area contributed by atoms with E-state index in [0.29, 0.717) is 0 Å². The van der Waals surface area contributed by atoms with Gasteiger partial charge in [-0.25, -0.2) is 4.98 Å². The van der Waals surface area contributed by atoms with Gasteiger partial charge in [-0.15, -0.1) is 0 Å². The third kappa shape index (κ3) is 2.91. The second kappa shape index (κ2) is 5.25. The van der Waals surface area contributed by atoms with Crippen LogP contribution in [0.1, 0.15) is 18.5 Å². The van der Waals surface area contributed by atoms with Crippen LogP contribution < -0.4 is 5.73 Å². The van der Waals surface area contributed by atoms with Crippen molar-refractivity contribution in [2.24, 2.45) is 12.8 Å². The highest BCUT2D eigenvalue weighted by molar-refractivity contribution is 9.10. The van der Waals surface area contributed by atoms with E-state index in [0.717, 1.165) is 20.1 Å². The van der Waals surface area contributed by atoms with Crippen molar-refractivity contribution in [2.45, 2.75) is 23.0 Å². The molecule has 0 radical (unpaired) electrons. The second-order valence-corrected chi connectivity index (χ2v) is 5.76. The molecule has 0 amide bonds. The number of aryl methyl sites for hydroxylation is 1. The Hall–Kier alpha value is -0.780. The molecule has 1 heterocycles. The van der Waals surface area contributed by atoms with Gasteiger partial charge in [-0.1, -0.05) is 17.8 Å². The summed E-state index contributed by atoms with van der Waals surface area (Å²) in [6.07, 6.45) is 3.74. The number of rotatable bonds is 3. The van der Waals surface area contributed by atoms with Gasteiger partial charge in [0, 0.05) is 34.9 Å². The zero-order valence-electron chi connectivity index (χ0n) is 9.72. The van der Waals surface area contributed by atoms with Crippen molar-refractivity contribution in [3.8, 4) is 0 Å². The van der Waals surface area contributed by atoms with Gasteiger partial charge in [0.2, 0.25) is 0 Å². The molecule has 17 heavy (non-hydrogen) atoms. The average Bonchev–Trinajstić information content (AvgIpc) is 2.67. The topological polar surface area (TPSA) is 43.8 Å². The van der Waals surface area contributed by atoms with Gasteiger partial charge in [-0.2, -0.15) is 0 Å². The van der Waals surface area contributed by atoms with Crippen LogP contribution in [0, 0.1) is 0 Å². The van der Waals surface area contributed by atoms with Crippen LogP contribution in [-0.4, -0.2) is 9.55 Å². The summed E-state index contributed by atoms with van der Waals surface area (Å²) in [7, 11) is 1.99. The lowest BCUT2D eigenvalue weighted by molar-refractivity contribution is 0.789. The van der Waals surface area contributed by atoms with Crippen LogP contribution in [0.5, 0.6) is 0 Å². The van der Waals surface area contributed by atoms with Gasteiger partial charge in [0.1, 0.15) is 0 Å². The van der Waals surface area contributed by atoms with Crippen LogP contribution >= 0.6 is 27.7 Å². The van der Waals surface area contributed by atoms with Gasteiger partial charge in [0.15, 0.2) is 5.16 Å². The number of nitrogens with zero attached hydrogens (tertiary/aromatic N) is 2. The zero-order valence-corrected chi connectivity index (χ0v) is 12.1. The molecule has 0 aliphatic carbocycles. The zero-order chi connectivity index (χ0) is 12.4. The third-order valence-electron chi connectivity index (χ3n) is 2.46. The summed E-state index contributed by atoms with van der Waals surface area (Å²) >= 11 is 5.20. The molecule has 1 unspecified atom stereocenters. The van der Waals surface area contributed by atoms with Crippen molar-refractivity contribution in [3.63, 3.8) is 0 Å². The molecule has 5 heteroatoms. The Bertz CT molecular complexity index is 522. The fourth-order valence-corrected chi connectivity index (χ4v) is 2.88. The molecule has 2 rings (SSSR count). The minimum Gasteiger partial charge on any atom is -0.329 e. The summed E-state index contributed by atoms with van der Waals surface area (Å²) < 4.78 is 3.05. The van der Waals surface area contributed by atoms with E-state index in [9.17, 15) is 0 Å². The molecule has 0 saturated carbocycles. The van der Waals surface area contributed by atoms with Crippen molar-refractivity contribution in [2.75, 3.05) is 0 Å². The first kappa shape index (κ1) is 12.7. The van der Waals surface area contributed by atoms with Crippen LogP contribution in [0.15, 0.2) is 45.1 Å². The molecule has 0 fully saturated rings. The molecule has 1 aromatic carbocycles. The van der Waals surface area contributed by atoms with E-state index in [1.165, 1.54) is 0 Å². The fraction of sp³-hybridized carbons (Fsp3) is 0.250. The Morgan fingerprint density at radius 2 is 2.24 bits per heavy atom. The number of hydrogen-bond donors (Lipinski definition) is 1. The quantitative estimate of drug-likeness (QED) is 0.945. The normalized spacial score (nSPS) is 12.7. The number of imidazole rings is 1. The Kier molecular flexibility index (Phi) is 3.91. The van der Waals surface area contributed by atoms with E-state index in [2.05, 4.69) is 39.1 Å². The fourth-order valence-electron chi connectivity index (χ4n) is 1.43. The monoisotopic (exact) mass is 311 g/mol. The largest absolute Gasteiger partial charge is 0.329 e. The first-order valence-electron chi connectivity index (χ1n) is 5.28. The number of halogens is 1. The highest BCUT2D eigenvalue weighted by atomic mass is 79.9. The minimum absolute atomic E-state index is 0.0542. The van der Waals surface area contributed by atoms with Crippen LogP contribution in [0.4, 0.5) is 0 Å². The predicted octanol–water partition coefficient (Wildman–Crippen LogP) is 3.35. The SMILES string of the molecule is CC(N)c1ccc(Sc2nccn2C)c(Br)c1. The van der Waals surface area contributed by atoms with E-state index in [-0.39, 0.29) is 6.04 Å². The van der Waals surface area contributed by atoms with Gasteiger partial charge in [0.05, 0.1) is 0 Å². The molecular weight excluding hydrogens is 298 g/mol. The number of nitrogens with two attached hydrogens (primary N) is 1. The maximum absolute atomic E-state index is 5.85. The smallest absolute Gasteiger partial charge is 0.172 e. The molecule has 0 spiro atoms. The number of hydrogen-bond acceptors (Lipinski definition) is 3. The van der Waals surface area contributed by atoms with Gasteiger partial charge in [0.25, 0.3) is 0 Å². The number of benzene rings is 1. The molecule has 2 aromatic rings. The summed E-state index contributed by atoms with van der Waals surface area (Å²) in [5.41, 5.74) is 6.97. The third-order valence-corrected chi connectivity index (χ3v) is 4.53. The lowest BCUT2D eigenvalue weighted by Crippen LogP contribution is -2.04. The molecule has 0 aliphatic rings. The van der Waals surface area contributed by atoms with E-state index in [4.69, 9.17) is 5.73 Å². The Morgan fingerprint density at radius 1 is 1.47 bits per heavy atom. The van der Waals surface area contributed by atoms with Crippen molar-refractivity contribution >= 4 is 27.7 Å². The lowest BCUT2D eigenvalue weighted by Gasteiger charge is -2.09. The lowest BCUT2D eigenvalue weighted by atomic mass is 10.1. The first-order chi connectivity index (χ1) is 8.08. The van der Waals surface area contributed by atoms with Crippen molar-refractivity contribution in [1.82, 2.24) is 9.55 Å². The first-order valence-corrected chi connectivity index (χ1v) is 6.89. The van der Waals surface area contributed by atoms with Gasteiger partial charge >= 0.3 is 0 Å². The molecule has 0 bridgehead atoms. The Balaban J connectivity index is 2.26. The van der Waals surface area contributed by atoms with Crippen LogP contribution in [-0.2, 0) is 7.05 Å². The molecule has 90 valence electrons. The molecule has 2 N–H and O–H groups in total. The number of aromatic nitrogens is 2. The molecule has 3 nitrogen and oxygen atoms in total. The molecule has 0 saturated heterocycles. The minimum atomic E-state index is 0.0542. The summed E-state index contributed by atoms with van der Waals surface area (Å²) in [6, 6.07) is 6.25. The van der Waals surface area contributed by atoms with Gasteiger partial charge in [-0.3, -0.25) is 0 Å². The van der Waals surface area contributed by atoms with Crippen molar-refractivity contribution in [3.05, 3.63) is 40.6 Å². The Labute approximate surface area is 114 Å². The average molecular weight is 312 g/mol. The molecule has 1 aromatic heterocycles. The van der Waals surface area contributed by atoms with E-state index >= 15 is 0 Å². The highest BCUT2D eigenvalue weighted by Gasteiger charge is 2.08. The summed E-state index contributed by atoms with van der Waals surface area (Å²) in [5, 5.41) is 0.972. The van der Waals surface area contributed by atoms with Crippen LogP contribution in [0.25, 0.3) is 0 Å². The maximum atomic E-state index is 5.85.